The molecule has 3 aromatic rings. The molecular weight excluding hydrogens is 682 g/mol. The summed E-state index contributed by atoms with van der Waals surface area (Å²) in [4.78, 5) is 46.0. The molecule has 4 heterocycles. The van der Waals surface area contributed by atoms with Crippen molar-refractivity contribution in [3.8, 4) is 5.75 Å². The van der Waals surface area contributed by atoms with Crippen molar-refractivity contribution in [2.75, 3.05) is 55.6 Å². The number of imide groups is 1. The molecule has 0 bridgehead atoms. The Labute approximate surface area is 317 Å². The Balaban J connectivity index is 0.785. The van der Waals surface area contributed by atoms with Crippen molar-refractivity contribution in [2.24, 2.45) is 17.8 Å². The molecule has 3 amide bonds. The predicted molar refractivity (Wildman–Crippen MR) is 206 cm³/mol. The third-order valence-corrected chi connectivity index (χ3v) is 13.7. The summed E-state index contributed by atoms with van der Waals surface area (Å²) in [5.74, 6) is 1.37. The van der Waals surface area contributed by atoms with Crippen LogP contribution in [-0.4, -0.2) is 84.5 Å². The Bertz CT molecular complexity index is 1930. The van der Waals surface area contributed by atoms with Crippen molar-refractivity contribution in [1.29, 1.82) is 0 Å². The third-order valence-electron chi connectivity index (χ3n) is 13.7. The predicted octanol–water partition coefficient (Wildman–Crippen LogP) is 6.22. The van der Waals surface area contributed by atoms with Gasteiger partial charge in [0, 0.05) is 75.9 Å². The van der Waals surface area contributed by atoms with Crippen molar-refractivity contribution in [2.45, 2.75) is 82.7 Å². The molecule has 3 aromatic carbocycles. The lowest BCUT2D eigenvalue weighted by Crippen LogP contribution is -2.52. The number of amides is 3. The van der Waals surface area contributed by atoms with Gasteiger partial charge in [0.05, 0.1) is 5.69 Å². The van der Waals surface area contributed by atoms with Crippen molar-refractivity contribution < 1.29 is 23.9 Å². The summed E-state index contributed by atoms with van der Waals surface area (Å²) in [6.45, 7) is 6.94. The Kier molecular flexibility index (Phi) is 9.58. The normalized spacial score (nSPS) is 25.6. The maximum atomic E-state index is 16.1. The molecule has 9 nitrogen and oxygen atoms in total. The summed E-state index contributed by atoms with van der Waals surface area (Å²) < 4.78 is 16.1. The van der Waals surface area contributed by atoms with Gasteiger partial charge in [-0.25, -0.2) is 4.39 Å². The van der Waals surface area contributed by atoms with Gasteiger partial charge in [-0.2, -0.15) is 0 Å². The minimum absolute atomic E-state index is 0.113. The van der Waals surface area contributed by atoms with E-state index in [2.05, 4.69) is 38.2 Å². The maximum absolute atomic E-state index is 16.1. The largest absolute Gasteiger partial charge is 0.508 e. The number of piperazine rings is 1. The molecule has 0 unspecified atom stereocenters. The van der Waals surface area contributed by atoms with Crippen molar-refractivity contribution in [3.05, 3.63) is 88.2 Å². The number of halogens is 1. The van der Waals surface area contributed by atoms with Crippen LogP contribution in [0.5, 0.6) is 5.75 Å². The molecule has 10 heteroatoms. The number of aromatic hydroxyl groups is 1. The lowest BCUT2D eigenvalue weighted by molar-refractivity contribution is -0.136. The van der Waals surface area contributed by atoms with Gasteiger partial charge in [0.15, 0.2) is 0 Å². The molecule has 3 saturated heterocycles. The summed E-state index contributed by atoms with van der Waals surface area (Å²) in [6, 6.07) is 17.3. The van der Waals surface area contributed by atoms with Crippen LogP contribution >= 0.6 is 0 Å². The van der Waals surface area contributed by atoms with Crippen LogP contribution in [0.3, 0.4) is 0 Å². The molecule has 4 fully saturated rings. The second-order valence-electron chi connectivity index (χ2n) is 16.8. The van der Waals surface area contributed by atoms with E-state index < -0.39 is 6.04 Å². The summed E-state index contributed by atoms with van der Waals surface area (Å²) in [5.41, 5.74) is 6.98. The van der Waals surface area contributed by atoms with Crippen molar-refractivity contribution >= 4 is 29.1 Å². The summed E-state index contributed by atoms with van der Waals surface area (Å²) in [7, 11) is 0. The summed E-state index contributed by atoms with van der Waals surface area (Å²) in [5, 5.41) is 12.6. The molecule has 4 aliphatic heterocycles. The van der Waals surface area contributed by atoms with E-state index in [0.717, 1.165) is 94.0 Å². The van der Waals surface area contributed by atoms with Crippen LogP contribution < -0.4 is 15.1 Å². The standard InChI is InChI=1S/C44H52FN5O4/c45-38-25-31(42-35(29-3-1-2-4-29)9-5-30-24-34(51)8-11-36(30)42)6-12-39(38)49-17-15-28(16-18-49)26-47-19-21-48(22-20-47)33-7-10-37-32(23-33)27-50(44(37)54)40-13-14-41(52)46-43(40)53/h6-8,10-12,23-25,28-29,35,40,42,51H,1-5,9,13-22,26-27H2,(H,46,52,53)/t35-,40-,42+/m0/s1. The first-order valence-electron chi connectivity index (χ1n) is 20.4. The number of piperidine rings is 2. The monoisotopic (exact) mass is 733 g/mol. The minimum atomic E-state index is -0.599. The molecule has 54 heavy (non-hydrogen) atoms. The average molecular weight is 734 g/mol. The number of carbonyl (C=O) groups is 3. The number of nitrogens with one attached hydrogen (secondary N) is 1. The van der Waals surface area contributed by atoms with Crippen LogP contribution in [0.2, 0.25) is 0 Å². The zero-order valence-corrected chi connectivity index (χ0v) is 31.1. The van der Waals surface area contributed by atoms with E-state index in [-0.39, 0.29) is 35.9 Å². The van der Waals surface area contributed by atoms with Gasteiger partial charge in [-0.15, -0.1) is 0 Å². The Morgan fingerprint density at radius 2 is 1.56 bits per heavy atom. The Morgan fingerprint density at radius 1 is 0.759 bits per heavy atom. The number of fused-ring (bicyclic) bond motifs is 2. The number of hydrogen-bond donors (Lipinski definition) is 2. The van der Waals surface area contributed by atoms with Gasteiger partial charge in [-0.05, 0) is 115 Å². The molecule has 3 atom stereocenters. The molecule has 284 valence electrons. The van der Waals surface area contributed by atoms with Crippen molar-refractivity contribution in [1.82, 2.24) is 15.1 Å². The van der Waals surface area contributed by atoms with Crippen LogP contribution in [0.15, 0.2) is 54.6 Å². The Hall–Kier alpha value is -4.44. The van der Waals surface area contributed by atoms with Gasteiger partial charge in [0.25, 0.3) is 5.91 Å². The van der Waals surface area contributed by atoms with E-state index in [4.69, 9.17) is 0 Å². The zero-order valence-electron chi connectivity index (χ0n) is 31.1. The zero-order chi connectivity index (χ0) is 36.9. The highest BCUT2D eigenvalue weighted by Gasteiger charge is 2.40. The van der Waals surface area contributed by atoms with E-state index in [1.165, 1.54) is 36.8 Å². The van der Waals surface area contributed by atoms with E-state index in [1.54, 1.807) is 11.0 Å². The molecule has 6 aliphatic rings. The lowest BCUT2D eigenvalue weighted by Gasteiger charge is -2.40. The molecule has 0 spiro atoms. The summed E-state index contributed by atoms with van der Waals surface area (Å²) in [6.07, 6.45) is 9.94. The molecule has 2 aliphatic carbocycles. The molecule has 0 aromatic heterocycles. The first kappa shape index (κ1) is 35.3. The first-order chi connectivity index (χ1) is 26.3. The van der Waals surface area contributed by atoms with Crippen LogP contribution in [0.1, 0.15) is 96.3 Å². The first-order valence-corrected chi connectivity index (χ1v) is 20.4. The number of benzene rings is 3. The van der Waals surface area contributed by atoms with E-state index in [0.29, 0.717) is 42.0 Å². The SMILES string of the molecule is O=C1CC[C@H](N2Cc3cc(N4CCN(CC5CCN(c6ccc([C@H]7c8ccc(O)cc8CC[C@H]7C7CCCC7)cc6F)CC5)CC4)ccc3C2=O)C(=O)N1. The van der Waals surface area contributed by atoms with Crippen LogP contribution in [0.4, 0.5) is 15.8 Å². The molecule has 0 radical (unpaired) electrons. The van der Waals surface area contributed by atoms with Gasteiger partial charge in [-0.3, -0.25) is 24.6 Å². The number of anilines is 2. The smallest absolute Gasteiger partial charge is 0.255 e. The number of phenols is 1. The van der Waals surface area contributed by atoms with Crippen molar-refractivity contribution in [3.63, 3.8) is 0 Å². The van der Waals surface area contributed by atoms with E-state index >= 15 is 4.39 Å². The van der Waals surface area contributed by atoms with Gasteiger partial charge < -0.3 is 19.8 Å². The number of rotatable bonds is 7. The lowest BCUT2D eigenvalue weighted by atomic mass is 9.66. The van der Waals surface area contributed by atoms with E-state index in [1.807, 2.05) is 30.3 Å². The number of aryl methyl sites for hydroxylation is 1. The average Bonchev–Trinajstić information content (AvgIpc) is 3.83. The van der Waals surface area contributed by atoms with Gasteiger partial charge >= 0.3 is 0 Å². The number of phenolic OH excluding ortho intramolecular Hbond substituents is 1. The third kappa shape index (κ3) is 6.75. The number of carbonyl (C=O) groups excluding carboxylic acids is 3. The number of hydrogen-bond acceptors (Lipinski definition) is 7. The van der Waals surface area contributed by atoms with Gasteiger partial charge in [0.1, 0.15) is 17.6 Å². The maximum Gasteiger partial charge on any atom is 0.255 e. The quantitative estimate of drug-likeness (QED) is 0.279. The van der Waals surface area contributed by atoms with Crippen LogP contribution in [-0.2, 0) is 22.6 Å². The topological polar surface area (TPSA) is 96.4 Å². The Morgan fingerprint density at radius 3 is 2.31 bits per heavy atom. The fourth-order valence-electron chi connectivity index (χ4n) is 10.8. The highest BCUT2D eigenvalue weighted by molar-refractivity contribution is 6.05. The summed E-state index contributed by atoms with van der Waals surface area (Å²) >= 11 is 0. The second-order valence-corrected chi connectivity index (χ2v) is 16.8. The molecule has 9 rings (SSSR count). The molecule has 1 saturated carbocycles. The second kappa shape index (κ2) is 14.7. The minimum Gasteiger partial charge on any atom is -0.508 e. The van der Waals surface area contributed by atoms with Crippen LogP contribution in [0, 0.1) is 23.6 Å². The van der Waals surface area contributed by atoms with Gasteiger partial charge in [0.2, 0.25) is 11.8 Å². The fraction of sp³-hybridized carbons (Fsp3) is 0.523. The molecule has 2 N–H and O–H groups in total. The highest BCUT2D eigenvalue weighted by atomic mass is 19.1. The highest BCUT2D eigenvalue weighted by Crippen LogP contribution is 2.49. The van der Waals surface area contributed by atoms with E-state index in [9.17, 15) is 19.5 Å². The van der Waals surface area contributed by atoms with Gasteiger partial charge in [-0.1, -0.05) is 37.8 Å². The molecular formula is C44H52FN5O4. The van der Waals surface area contributed by atoms with Crippen LogP contribution in [0.25, 0.3) is 0 Å². The fourth-order valence-corrected chi connectivity index (χ4v) is 10.8. The number of nitrogens with zero attached hydrogens (tertiary/aromatic N) is 4.